The topological polar surface area (TPSA) is 60.8 Å². The van der Waals surface area contributed by atoms with E-state index in [2.05, 4.69) is 0 Å². The molecule has 2 aromatic rings. The van der Waals surface area contributed by atoms with Gasteiger partial charge in [-0.1, -0.05) is 12.1 Å². The lowest BCUT2D eigenvalue weighted by Gasteiger charge is -2.03. The van der Waals surface area contributed by atoms with Gasteiger partial charge in [0.05, 0.1) is 12.7 Å². The normalized spacial score (nSPS) is 10.2. The number of hydrogen-bond acceptors (Lipinski definition) is 1. The van der Waals surface area contributed by atoms with Gasteiger partial charge in [0.25, 0.3) is 5.84 Å². The highest BCUT2D eigenvalue weighted by Gasteiger charge is 2.03. The molecule has 0 unspecified atom stereocenters. The maximum Gasteiger partial charge on any atom is 0.270 e. The van der Waals surface area contributed by atoms with Crippen molar-refractivity contribution in [3.05, 3.63) is 42.0 Å². The van der Waals surface area contributed by atoms with Crippen molar-refractivity contribution in [2.24, 2.45) is 5.73 Å². The fourth-order valence-electron chi connectivity index (χ4n) is 1.53. The van der Waals surface area contributed by atoms with E-state index in [1.807, 2.05) is 36.4 Å². The first-order valence-electron chi connectivity index (χ1n) is 4.67. The van der Waals surface area contributed by atoms with Gasteiger partial charge in [-0.05, 0) is 35.0 Å². The molecule has 0 heterocycles. The van der Waals surface area contributed by atoms with E-state index >= 15 is 0 Å². The highest BCUT2D eigenvalue weighted by molar-refractivity contribution is 5.97. The van der Waals surface area contributed by atoms with Gasteiger partial charge in [0.2, 0.25) is 0 Å². The smallest absolute Gasteiger partial charge is 0.270 e. The molecule has 0 radical (unpaired) electrons. The fraction of sp³-hybridized carbons (Fsp3) is 0.0833. The second kappa shape index (κ2) is 3.61. The Hall–Kier alpha value is -2.03. The van der Waals surface area contributed by atoms with Crippen LogP contribution in [0.25, 0.3) is 10.8 Å². The van der Waals surface area contributed by atoms with Gasteiger partial charge in [-0.25, -0.2) is 0 Å². The molecule has 0 bridgehead atoms. The van der Waals surface area contributed by atoms with Crippen LogP contribution in [0.2, 0.25) is 0 Å². The van der Waals surface area contributed by atoms with Crippen LogP contribution >= 0.6 is 0 Å². The summed E-state index contributed by atoms with van der Waals surface area (Å²) < 4.78 is 5.15. The number of benzene rings is 2. The number of amidine groups is 1. The Morgan fingerprint density at radius 2 is 1.80 bits per heavy atom. The summed E-state index contributed by atoms with van der Waals surface area (Å²) in [6.07, 6.45) is 0. The molecule has 4 N–H and O–H groups in total. The van der Waals surface area contributed by atoms with Crippen LogP contribution in [0.3, 0.4) is 0 Å². The second-order valence-corrected chi connectivity index (χ2v) is 3.38. The fourth-order valence-corrected chi connectivity index (χ4v) is 1.53. The summed E-state index contributed by atoms with van der Waals surface area (Å²) in [5, 5.41) is 7.74. The third-order valence-corrected chi connectivity index (χ3v) is 2.38. The Morgan fingerprint density at radius 3 is 2.47 bits per heavy atom. The molecule has 0 aliphatic carbocycles. The average Bonchev–Trinajstić information content (AvgIpc) is 2.27. The number of rotatable bonds is 2. The first kappa shape index (κ1) is 9.52. The van der Waals surface area contributed by atoms with E-state index in [0.29, 0.717) is 5.84 Å². The van der Waals surface area contributed by atoms with Gasteiger partial charge in [-0.15, -0.1) is 0 Å². The van der Waals surface area contributed by atoms with Crippen molar-refractivity contribution >= 4 is 16.6 Å². The predicted molar refractivity (Wildman–Crippen MR) is 60.7 cm³/mol. The molecule has 3 heteroatoms. The Balaban J connectivity index is 2.59. The molecular weight excluding hydrogens is 188 g/mol. The van der Waals surface area contributed by atoms with E-state index in [9.17, 15) is 0 Å². The molecule has 2 aromatic carbocycles. The molecule has 0 fully saturated rings. The molecule has 0 atom stereocenters. The standard InChI is InChI=1S/C12H12N2O/c1-15-11-5-4-8-6-10(12(13)14)3-2-9(8)7-11/h2-7H,1H3,(H3,13,14)/p+1. The third-order valence-electron chi connectivity index (χ3n) is 2.38. The van der Waals surface area contributed by atoms with E-state index in [0.717, 1.165) is 22.1 Å². The Kier molecular flexibility index (Phi) is 2.29. The van der Waals surface area contributed by atoms with Crippen molar-refractivity contribution in [3.8, 4) is 5.75 Å². The van der Waals surface area contributed by atoms with Crippen molar-refractivity contribution in [1.29, 1.82) is 0 Å². The van der Waals surface area contributed by atoms with Crippen molar-refractivity contribution < 1.29 is 10.1 Å². The zero-order valence-electron chi connectivity index (χ0n) is 8.53. The number of ether oxygens (including phenoxy) is 1. The van der Waals surface area contributed by atoms with Gasteiger partial charge in [0.1, 0.15) is 5.75 Å². The van der Waals surface area contributed by atoms with Crippen LogP contribution < -0.4 is 15.9 Å². The minimum atomic E-state index is 0.340. The summed E-state index contributed by atoms with van der Waals surface area (Å²) in [5.74, 6) is 1.19. The summed E-state index contributed by atoms with van der Waals surface area (Å²) in [4.78, 5) is 0. The molecule has 0 amide bonds. The predicted octanol–water partition coefficient (Wildman–Crippen LogP) is 0.313. The lowest BCUT2D eigenvalue weighted by Crippen LogP contribution is -2.46. The first-order chi connectivity index (χ1) is 7.20. The molecular formula is C12H13N2O+. The lowest BCUT2D eigenvalue weighted by molar-refractivity contribution is -0.114. The summed E-state index contributed by atoms with van der Waals surface area (Å²) in [6, 6.07) is 11.7. The Labute approximate surface area is 88.0 Å². The Morgan fingerprint density at radius 1 is 1.13 bits per heavy atom. The van der Waals surface area contributed by atoms with E-state index in [-0.39, 0.29) is 0 Å². The van der Waals surface area contributed by atoms with Crippen molar-refractivity contribution in [2.75, 3.05) is 7.11 Å². The molecule has 2 rings (SSSR count). The van der Waals surface area contributed by atoms with Gasteiger partial charge in [-0.2, -0.15) is 0 Å². The molecule has 0 saturated carbocycles. The number of methoxy groups -OCH3 is 1. The van der Waals surface area contributed by atoms with Crippen LogP contribution in [0.15, 0.2) is 36.4 Å². The van der Waals surface area contributed by atoms with Crippen LogP contribution in [0, 0.1) is 0 Å². The summed E-state index contributed by atoms with van der Waals surface area (Å²) in [6.45, 7) is 0. The number of nitrogens with two attached hydrogens (primary N) is 2. The maximum atomic E-state index is 5.53. The molecule has 0 aromatic heterocycles. The van der Waals surface area contributed by atoms with Gasteiger partial charge >= 0.3 is 0 Å². The van der Waals surface area contributed by atoms with E-state index in [4.69, 9.17) is 15.9 Å². The second-order valence-electron chi connectivity index (χ2n) is 3.38. The molecule has 0 saturated heterocycles. The van der Waals surface area contributed by atoms with Crippen LogP contribution in [-0.4, -0.2) is 12.9 Å². The van der Waals surface area contributed by atoms with Crippen LogP contribution in [0.5, 0.6) is 5.75 Å². The highest BCUT2D eigenvalue weighted by atomic mass is 16.5. The monoisotopic (exact) mass is 201 g/mol. The van der Waals surface area contributed by atoms with Crippen LogP contribution in [-0.2, 0) is 0 Å². The minimum Gasteiger partial charge on any atom is -0.497 e. The van der Waals surface area contributed by atoms with Crippen molar-refractivity contribution in [1.82, 2.24) is 0 Å². The molecule has 0 aliphatic heterocycles. The molecule has 15 heavy (non-hydrogen) atoms. The zero-order valence-corrected chi connectivity index (χ0v) is 8.53. The number of hydrogen-bond donors (Lipinski definition) is 2. The Bertz CT molecular complexity index is 520. The summed E-state index contributed by atoms with van der Waals surface area (Å²) in [5.41, 5.74) is 6.38. The van der Waals surface area contributed by atoms with Crippen LogP contribution in [0.1, 0.15) is 5.56 Å². The first-order valence-corrected chi connectivity index (χ1v) is 4.67. The minimum absolute atomic E-state index is 0.340. The molecule has 0 aliphatic rings. The summed E-state index contributed by atoms with van der Waals surface area (Å²) >= 11 is 0. The lowest BCUT2D eigenvalue weighted by atomic mass is 10.1. The van der Waals surface area contributed by atoms with Crippen LogP contribution in [0.4, 0.5) is 0 Å². The van der Waals surface area contributed by atoms with Gasteiger partial charge in [0.15, 0.2) is 0 Å². The number of fused-ring (bicyclic) bond motifs is 1. The van der Waals surface area contributed by atoms with Gasteiger partial charge < -0.3 is 4.74 Å². The van der Waals surface area contributed by atoms with Crippen molar-refractivity contribution in [3.63, 3.8) is 0 Å². The van der Waals surface area contributed by atoms with E-state index < -0.39 is 0 Å². The molecule has 3 nitrogen and oxygen atoms in total. The maximum absolute atomic E-state index is 5.53. The molecule has 0 spiro atoms. The molecule has 76 valence electrons. The SMILES string of the molecule is COc1ccc2cc(C(N)=[NH2+])ccc2c1. The highest BCUT2D eigenvalue weighted by Crippen LogP contribution is 2.21. The zero-order chi connectivity index (χ0) is 10.8. The average molecular weight is 201 g/mol. The van der Waals surface area contributed by atoms with Crippen molar-refractivity contribution in [2.45, 2.75) is 0 Å². The summed E-state index contributed by atoms with van der Waals surface area (Å²) in [7, 11) is 1.65. The quantitative estimate of drug-likeness (QED) is 0.542. The third kappa shape index (κ3) is 1.76. The van der Waals surface area contributed by atoms with E-state index in [1.54, 1.807) is 7.11 Å². The van der Waals surface area contributed by atoms with E-state index in [1.165, 1.54) is 0 Å². The van der Waals surface area contributed by atoms with Gasteiger partial charge in [-0.3, -0.25) is 11.1 Å². The largest absolute Gasteiger partial charge is 0.497 e. The van der Waals surface area contributed by atoms with Gasteiger partial charge in [0, 0.05) is 0 Å².